The summed E-state index contributed by atoms with van der Waals surface area (Å²) in [4.78, 5) is 11.5. The Kier molecular flexibility index (Phi) is 2.85. The van der Waals surface area contributed by atoms with E-state index < -0.39 is 5.97 Å². The summed E-state index contributed by atoms with van der Waals surface area (Å²) in [6.45, 7) is 1.34. The quantitative estimate of drug-likeness (QED) is 0.552. The summed E-state index contributed by atoms with van der Waals surface area (Å²) in [6, 6.07) is 3.29. The fourth-order valence-corrected chi connectivity index (χ4v) is 1.66. The van der Waals surface area contributed by atoms with E-state index in [4.69, 9.17) is 15.2 Å². The second-order valence-electron chi connectivity index (χ2n) is 3.53. The predicted octanol–water partition coefficient (Wildman–Crippen LogP) is 1.25. The number of ether oxygens (including phenoxy) is 2. The number of nitrogens with two attached hydrogens (primary N) is 1. The van der Waals surface area contributed by atoms with E-state index in [0.29, 0.717) is 29.3 Å². The zero-order valence-electron chi connectivity index (χ0n) is 9.08. The zero-order chi connectivity index (χ0) is 11.5. The molecule has 1 aromatic rings. The number of methoxy groups -OCH3 is 1. The first-order valence-electron chi connectivity index (χ1n) is 5.11. The average molecular weight is 222 g/mol. The fourth-order valence-electron chi connectivity index (χ4n) is 1.66. The van der Waals surface area contributed by atoms with Crippen LogP contribution in [0, 0.1) is 0 Å². The van der Waals surface area contributed by atoms with E-state index in [1.165, 1.54) is 7.11 Å². The molecule has 0 bridgehead atoms. The van der Waals surface area contributed by atoms with Gasteiger partial charge >= 0.3 is 5.97 Å². The number of fused-ring (bicyclic) bond motifs is 1. The number of carbonyl (C=O) groups excluding carboxylic acids is 1. The van der Waals surface area contributed by atoms with Gasteiger partial charge in [-0.25, -0.2) is 4.79 Å². The van der Waals surface area contributed by atoms with E-state index in [0.717, 1.165) is 13.0 Å². The lowest BCUT2D eigenvalue weighted by Crippen LogP contribution is -2.07. The van der Waals surface area contributed by atoms with Gasteiger partial charge in [-0.05, 0) is 18.6 Å². The van der Waals surface area contributed by atoms with E-state index in [1.54, 1.807) is 12.1 Å². The van der Waals surface area contributed by atoms with Crippen LogP contribution in [0.1, 0.15) is 16.8 Å². The monoisotopic (exact) mass is 222 g/mol. The van der Waals surface area contributed by atoms with Crippen LogP contribution in [0.25, 0.3) is 0 Å². The molecule has 1 aliphatic rings. The van der Waals surface area contributed by atoms with Crippen LogP contribution in [0.5, 0.6) is 5.75 Å². The number of rotatable bonds is 1. The van der Waals surface area contributed by atoms with Crippen LogP contribution in [0.2, 0.25) is 0 Å². The molecule has 0 spiro atoms. The maximum Gasteiger partial charge on any atom is 0.341 e. The minimum atomic E-state index is -0.417. The summed E-state index contributed by atoms with van der Waals surface area (Å²) in [6.07, 6.45) is 0.870. The van der Waals surface area contributed by atoms with Gasteiger partial charge in [0.25, 0.3) is 0 Å². The summed E-state index contributed by atoms with van der Waals surface area (Å²) in [5.41, 5.74) is 7.49. The topological polar surface area (TPSA) is 73.6 Å². The van der Waals surface area contributed by atoms with Crippen molar-refractivity contribution in [3.8, 4) is 5.75 Å². The van der Waals surface area contributed by atoms with Crippen molar-refractivity contribution in [3.05, 3.63) is 17.7 Å². The molecular formula is C11H14N2O3. The third-order valence-corrected chi connectivity index (χ3v) is 2.46. The van der Waals surface area contributed by atoms with E-state index in [9.17, 15) is 4.79 Å². The van der Waals surface area contributed by atoms with Gasteiger partial charge in [-0.3, -0.25) is 0 Å². The minimum absolute atomic E-state index is 0.404. The first-order valence-corrected chi connectivity index (χ1v) is 5.11. The van der Waals surface area contributed by atoms with Crippen LogP contribution in [-0.2, 0) is 4.74 Å². The molecule has 0 unspecified atom stereocenters. The van der Waals surface area contributed by atoms with Crippen molar-refractivity contribution in [2.24, 2.45) is 0 Å². The van der Waals surface area contributed by atoms with Gasteiger partial charge in [0, 0.05) is 6.54 Å². The van der Waals surface area contributed by atoms with Crippen LogP contribution in [-0.4, -0.2) is 26.2 Å². The Bertz CT molecular complexity index is 418. The smallest absolute Gasteiger partial charge is 0.341 e. The summed E-state index contributed by atoms with van der Waals surface area (Å²) in [5, 5.41) is 3.15. The molecule has 0 aliphatic carbocycles. The molecule has 5 nitrogen and oxygen atoms in total. The Morgan fingerprint density at radius 3 is 3.12 bits per heavy atom. The number of anilines is 2. The molecule has 0 radical (unpaired) electrons. The number of esters is 1. The Morgan fingerprint density at radius 2 is 2.38 bits per heavy atom. The number of hydrogen-bond donors (Lipinski definition) is 2. The zero-order valence-corrected chi connectivity index (χ0v) is 9.08. The van der Waals surface area contributed by atoms with E-state index >= 15 is 0 Å². The molecule has 0 saturated carbocycles. The second kappa shape index (κ2) is 4.30. The molecule has 2 rings (SSSR count). The van der Waals surface area contributed by atoms with Gasteiger partial charge in [-0.15, -0.1) is 0 Å². The molecule has 0 atom stereocenters. The lowest BCUT2D eigenvalue weighted by Gasteiger charge is -2.13. The molecule has 1 heterocycles. The maximum atomic E-state index is 11.5. The van der Waals surface area contributed by atoms with Crippen molar-refractivity contribution in [3.63, 3.8) is 0 Å². The van der Waals surface area contributed by atoms with Crippen LogP contribution in [0.3, 0.4) is 0 Å². The number of nitrogen functional groups attached to an aromatic ring is 1. The van der Waals surface area contributed by atoms with Crippen LogP contribution >= 0.6 is 0 Å². The molecule has 16 heavy (non-hydrogen) atoms. The highest BCUT2D eigenvalue weighted by molar-refractivity contribution is 5.97. The summed E-state index contributed by atoms with van der Waals surface area (Å²) in [7, 11) is 1.34. The Morgan fingerprint density at radius 1 is 1.56 bits per heavy atom. The van der Waals surface area contributed by atoms with Crippen molar-refractivity contribution in [2.75, 3.05) is 31.3 Å². The summed E-state index contributed by atoms with van der Waals surface area (Å²) in [5.74, 6) is 0.0734. The van der Waals surface area contributed by atoms with Gasteiger partial charge < -0.3 is 20.5 Å². The van der Waals surface area contributed by atoms with Gasteiger partial charge in [0.2, 0.25) is 0 Å². The van der Waals surface area contributed by atoms with Crippen LogP contribution in [0.15, 0.2) is 12.1 Å². The van der Waals surface area contributed by atoms with Gasteiger partial charge in [-0.2, -0.15) is 0 Å². The highest BCUT2D eigenvalue weighted by atomic mass is 16.5. The molecule has 0 fully saturated rings. The number of nitrogens with one attached hydrogen (secondary N) is 1. The highest BCUT2D eigenvalue weighted by Gasteiger charge is 2.20. The Balaban J connectivity index is 2.51. The van der Waals surface area contributed by atoms with Crippen molar-refractivity contribution in [1.29, 1.82) is 0 Å². The van der Waals surface area contributed by atoms with E-state index in [2.05, 4.69) is 5.32 Å². The minimum Gasteiger partial charge on any atom is -0.490 e. The van der Waals surface area contributed by atoms with Gasteiger partial charge in [0.1, 0.15) is 11.3 Å². The van der Waals surface area contributed by atoms with Gasteiger partial charge in [0.05, 0.1) is 19.4 Å². The predicted molar refractivity (Wildman–Crippen MR) is 60.8 cm³/mol. The lowest BCUT2D eigenvalue weighted by atomic mass is 10.1. The van der Waals surface area contributed by atoms with Crippen LogP contribution in [0.4, 0.5) is 11.4 Å². The molecule has 1 aliphatic heterocycles. The first kappa shape index (κ1) is 10.6. The third kappa shape index (κ3) is 1.76. The molecule has 5 heteroatoms. The standard InChI is InChI=1S/C11H14N2O3/c1-15-11(14)7-3-4-8(12)9-10(7)16-6-2-5-13-9/h3-4,13H,2,5-6,12H2,1H3. The molecular weight excluding hydrogens is 208 g/mol. The van der Waals surface area contributed by atoms with Crippen molar-refractivity contribution in [2.45, 2.75) is 6.42 Å². The van der Waals surface area contributed by atoms with Crippen molar-refractivity contribution < 1.29 is 14.3 Å². The Labute approximate surface area is 93.5 Å². The van der Waals surface area contributed by atoms with Crippen molar-refractivity contribution >= 4 is 17.3 Å². The van der Waals surface area contributed by atoms with Gasteiger partial charge in [0.15, 0.2) is 5.75 Å². The van der Waals surface area contributed by atoms with Crippen molar-refractivity contribution in [1.82, 2.24) is 0 Å². The number of carbonyl (C=O) groups is 1. The van der Waals surface area contributed by atoms with E-state index in [-0.39, 0.29) is 0 Å². The normalized spacial score (nSPS) is 14.1. The molecule has 1 aromatic carbocycles. The van der Waals surface area contributed by atoms with Crippen LogP contribution < -0.4 is 15.8 Å². The second-order valence-corrected chi connectivity index (χ2v) is 3.53. The highest BCUT2D eigenvalue weighted by Crippen LogP contribution is 2.36. The van der Waals surface area contributed by atoms with E-state index in [1.807, 2.05) is 0 Å². The molecule has 0 aromatic heterocycles. The SMILES string of the molecule is COC(=O)c1ccc(N)c2c1OCCCN2. The number of hydrogen-bond acceptors (Lipinski definition) is 5. The first-order chi connectivity index (χ1) is 7.74. The maximum absolute atomic E-state index is 11.5. The summed E-state index contributed by atoms with van der Waals surface area (Å²) < 4.78 is 10.2. The third-order valence-electron chi connectivity index (χ3n) is 2.46. The molecule has 0 amide bonds. The summed E-state index contributed by atoms with van der Waals surface area (Å²) >= 11 is 0. The average Bonchev–Trinajstić information content (AvgIpc) is 2.55. The Hall–Kier alpha value is -1.91. The fraction of sp³-hybridized carbons (Fsp3) is 0.364. The molecule has 86 valence electrons. The van der Waals surface area contributed by atoms with Gasteiger partial charge in [-0.1, -0.05) is 0 Å². The lowest BCUT2D eigenvalue weighted by molar-refractivity contribution is 0.0596. The molecule has 0 saturated heterocycles. The molecule has 3 N–H and O–H groups in total. The number of benzene rings is 1. The largest absolute Gasteiger partial charge is 0.490 e.